The number of thiazole rings is 1. The fraction of sp³-hybridized carbons (Fsp3) is 0.150. The zero-order valence-corrected chi connectivity index (χ0v) is 15.0. The maximum absolute atomic E-state index is 12.5. The van der Waals surface area contributed by atoms with E-state index in [0.717, 1.165) is 15.8 Å². The van der Waals surface area contributed by atoms with Crippen molar-refractivity contribution in [2.75, 3.05) is 0 Å². The topological polar surface area (TPSA) is 51.4 Å². The van der Waals surface area contributed by atoms with Crippen LogP contribution in [0.2, 0.25) is 0 Å². The van der Waals surface area contributed by atoms with Gasteiger partial charge in [0.05, 0.1) is 10.2 Å². The van der Waals surface area contributed by atoms with Crippen molar-refractivity contribution in [2.24, 2.45) is 4.99 Å². The standard InChI is InChI=1S/C20H18N2O2S/c1-4-11-22-17-10-5-13(2)12-18(17)25-20(22)21-19(24)16-8-6-15(7-9-16)14(3)23/h4-10,12H,1,11H2,2-3H3. The number of rotatable bonds is 4. The Morgan fingerprint density at radius 3 is 2.48 bits per heavy atom. The molecule has 5 heteroatoms. The maximum Gasteiger partial charge on any atom is 0.279 e. The van der Waals surface area contributed by atoms with Crippen LogP contribution in [0.4, 0.5) is 0 Å². The molecule has 0 aliphatic heterocycles. The Kier molecular flexibility index (Phi) is 4.76. The van der Waals surface area contributed by atoms with E-state index in [1.807, 2.05) is 23.6 Å². The number of amides is 1. The molecule has 0 N–H and O–H groups in total. The van der Waals surface area contributed by atoms with E-state index in [9.17, 15) is 9.59 Å². The fourth-order valence-electron chi connectivity index (χ4n) is 2.57. The van der Waals surface area contributed by atoms with Crippen LogP contribution in [0.15, 0.2) is 60.1 Å². The van der Waals surface area contributed by atoms with Gasteiger partial charge in [0.15, 0.2) is 10.6 Å². The molecule has 2 aromatic carbocycles. The molecule has 0 aliphatic rings. The summed E-state index contributed by atoms with van der Waals surface area (Å²) < 4.78 is 3.06. The van der Waals surface area contributed by atoms with Gasteiger partial charge in [0, 0.05) is 17.7 Å². The molecule has 0 radical (unpaired) electrons. The fourth-order valence-corrected chi connectivity index (χ4v) is 3.71. The van der Waals surface area contributed by atoms with Crippen molar-refractivity contribution in [3.05, 3.63) is 76.6 Å². The van der Waals surface area contributed by atoms with Crippen LogP contribution in [0.1, 0.15) is 33.2 Å². The van der Waals surface area contributed by atoms with Gasteiger partial charge in [-0.2, -0.15) is 4.99 Å². The molecule has 0 aliphatic carbocycles. The molecule has 1 heterocycles. The Bertz CT molecular complexity index is 1040. The predicted molar refractivity (Wildman–Crippen MR) is 101 cm³/mol. The van der Waals surface area contributed by atoms with Gasteiger partial charge >= 0.3 is 0 Å². The lowest BCUT2D eigenvalue weighted by molar-refractivity contribution is 0.0991. The van der Waals surface area contributed by atoms with Crippen LogP contribution in [-0.4, -0.2) is 16.3 Å². The van der Waals surface area contributed by atoms with Gasteiger partial charge in [-0.1, -0.05) is 35.6 Å². The lowest BCUT2D eigenvalue weighted by atomic mass is 10.1. The van der Waals surface area contributed by atoms with Gasteiger partial charge in [0.1, 0.15) is 0 Å². The molecule has 4 nitrogen and oxygen atoms in total. The molecule has 0 spiro atoms. The van der Waals surface area contributed by atoms with Crippen LogP contribution in [0.25, 0.3) is 10.2 Å². The van der Waals surface area contributed by atoms with Crippen LogP contribution in [-0.2, 0) is 6.54 Å². The third kappa shape index (κ3) is 3.51. The molecule has 0 saturated heterocycles. The second-order valence-electron chi connectivity index (χ2n) is 5.81. The molecule has 1 amide bonds. The lowest BCUT2D eigenvalue weighted by Gasteiger charge is -2.01. The summed E-state index contributed by atoms with van der Waals surface area (Å²) in [6, 6.07) is 12.7. The highest BCUT2D eigenvalue weighted by atomic mass is 32.1. The number of ketones is 1. The third-order valence-corrected chi connectivity index (χ3v) is 4.93. The summed E-state index contributed by atoms with van der Waals surface area (Å²) in [5.74, 6) is -0.351. The van der Waals surface area contributed by atoms with E-state index in [4.69, 9.17) is 0 Å². The molecule has 126 valence electrons. The van der Waals surface area contributed by atoms with Crippen LogP contribution in [0.5, 0.6) is 0 Å². The number of aryl methyl sites for hydroxylation is 1. The zero-order chi connectivity index (χ0) is 18.0. The molecular weight excluding hydrogens is 332 g/mol. The lowest BCUT2D eigenvalue weighted by Crippen LogP contribution is -2.16. The Hall–Kier alpha value is -2.79. The number of nitrogens with zero attached hydrogens (tertiary/aromatic N) is 2. The zero-order valence-electron chi connectivity index (χ0n) is 14.2. The van der Waals surface area contributed by atoms with Crippen LogP contribution < -0.4 is 4.80 Å². The highest BCUT2D eigenvalue weighted by Gasteiger charge is 2.09. The number of hydrogen-bond donors (Lipinski definition) is 0. The number of aromatic nitrogens is 1. The van der Waals surface area contributed by atoms with Crippen molar-refractivity contribution >= 4 is 33.2 Å². The molecule has 1 aromatic heterocycles. The number of carbonyl (C=O) groups is 2. The summed E-state index contributed by atoms with van der Waals surface area (Å²) in [5.41, 5.74) is 3.24. The van der Waals surface area contributed by atoms with Crippen molar-refractivity contribution in [3.8, 4) is 0 Å². The van der Waals surface area contributed by atoms with Gasteiger partial charge in [-0.15, -0.1) is 6.58 Å². The van der Waals surface area contributed by atoms with E-state index >= 15 is 0 Å². The van der Waals surface area contributed by atoms with Gasteiger partial charge < -0.3 is 4.57 Å². The number of carbonyl (C=O) groups excluding carboxylic acids is 2. The second-order valence-corrected chi connectivity index (χ2v) is 6.81. The van der Waals surface area contributed by atoms with E-state index in [1.54, 1.807) is 30.3 Å². The van der Waals surface area contributed by atoms with Crippen LogP contribution in [0, 0.1) is 6.92 Å². The summed E-state index contributed by atoms with van der Waals surface area (Å²) in [6.07, 6.45) is 1.79. The minimum Gasteiger partial charge on any atom is -0.312 e. The minimum atomic E-state index is -0.323. The molecule has 0 saturated carbocycles. The SMILES string of the molecule is C=CCn1c(=NC(=O)c2ccc(C(C)=O)cc2)sc2cc(C)ccc21. The average molecular weight is 350 g/mol. The number of hydrogen-bond acceptors (Lipinski definition) is 3. The number of allylic oxidation sites excluding steroid dienone is 1. The summed E-state index contributed by atoms with van der Waals surface area (Å²) in [4.78, 5) is 28.8. The first-order chi connectivity index (χ1) is 12.0. The molecule has 0 fully saturated rings. The van der Waals surface area contributed by atoms with E-state index in [2.05, 4.69) is 17.6 Å². The van der Waals surface area contributed by atoms with Crippen molar-refractivity contribution < 1.29 is 9.59 Å². The number of Topliss-reactive ketones (excluding diaryl/α,β-unsaturated/α-hetero) is 1. The molecule has 0 unspecified atom stereocenters. The Labute approximate surface area is 149 Å². The van der Waals surface area contributed by atoms with E-state index in [0.29, 0.717) is 22.5 Å². The average Bonchev–Trinajstić information content (AvgIpc) is 2.91. The molecule has 0 bridgehead atoms. The minimum absolute atomic E-state index is 0.0281. The number of benzene rings is 2. The van der Waals surface area contributed by atoms with Crippen LogP contribution in [0.3, 0.4) is 0 Å². The highest BCUT2D eigenvalue weighted by molar-refractivity contribution is 7.16. The third-order valence-electron chi connectivity index (χ3n) is 3.89. The highest BCUT2D eigenvalue weighted by Crippen LogP contribution is 2.19. The van der Waals surface area contributed by atoms with Gasteiger partial charge in [0.25, 0.3) is 5.91 Å². The first-order valence-corrected chi connectivity index (χ1v) is 8.72. The predicted octanol–water partition coefficient (Wildman–Crippen LogP) is 4.14. The van der Waals surface area contributed by atoms with Gasteiger partial charge in [-0.25, -0.2) is 0 Å². The Morgan fingerprint density at radius 1 is 1.16 bits per heavy atom. The van der Waals surface area contributed by atoms with Gasteiger partial charge in [-0.3, -0.25) is 9.59 Å². The first-order valence-electron chi connectivity index (χ1n) is 7.90. The van der Waals surface area contributed by atoms with E-state index < -0.39 is 0 Å². The quantitative estimate of drug-likeness (QED) is 0.524. The van der Waals surface area contributed by atoms with Crippen molar-refractivity contribution in [1.29, 1.82) is 0 Å². The Morgan fingerprint density at radius 2 is 1.84 bits per heavy atom. The normalized spacial score (nSPS) is 11.7. The second kappa shape index (κ2) is 6.99. The largest absolute Gasteiger partial charge is 0.312 e. The molecule has 3 rings (SSSR count). The molecular formula is C20H18N2O2S. The van der Waals surface area contributed by atoms with Crippen molar-refractivity contribution in [1.82, 2.24) is 4.57 Å². The summed E-state index contributed by atoms with van der Waals surface area (Å²) in [5, 5.41) is 0. The summed E-state index contributed by atoms with van der Waals surface area (Å²) in [7, 11) is 0. The molecule has 3 aromatic rings. The van der Waals surface area contributed by atoms with E-state index in [-0.39, 0.29) is 11.7 Å². The smallest absolute Gasteiger partial charge is 0.279 e. The van der Waals surface area contributed by atoms with Crippen molar-refractivity contribution in [2.45, 2.75) is 20.4 Å². The molecule has 0 atom stereocenters. The summed E-state index contributed by atoms with van der Waals surface area (Å²) >= 11 is 1.48. The summed E-state index contributed by atoms with van der Waals surface area (Å²) in [6.45, 7) is 7.91. The first kappa shape index (κ1) is 17.0. The van der Waals surface area contributed by atoms with Gasteiger partial charge in [-0.05, 0) is 43.7 Å². The van der Waals surface area contributed by atoms with Crippen LogP contribution >= 0.6 is 11.3 Å². The van der Waals surface area contributed by atoms with Crippen molar-refractivity contribution in [3.63, 3.8) is 0 Å². The monoisotopic (exact) mass is 350 g/mol. The molecule has 25 heavy (non-hydrogen) atoms. The maximum atomic E-state index is 12.5. The number of fused-ring (bicyclic) bond motifs is 1. The van der Waals surface area contributed by atoms with E-state index in [1.165, 1.54) is 18.3 Å². The van der Waals surface area contributed by atoms with Gasteiger partial charge in [0.2, 0.25) is 0 Å². The Balaban J connectivity index is 2.07.